The van der Waals surface area contributed by atoms with E-state index in [-0.39, 0.29) is 5.78 Å². The molecule has 0 aromatic heterocycles. The second-order valence-electron chi connectivity index (χ2n) is 5.39. The maximum atomic E-state index is 11.5. The fourth-order valence-electron chi connectivity index (χ4n) is 2.45. The summed E-state index contributed by atoms with van der Waals surface area (Å²) in [6.07, 6.45) is 0.437. The van der Waals surface area contributed by atoms with Crippen molar-refractivity contribution in [3.63, 3.8) is 0 Å². The van der Waals surface area contributed by atoms with Crippen molar-refractivity contribution in [1.82, 2.24) is 4.90 Å². The van der Waals surface area contributed by atoms with Crippen LogP contribution in [0.1, 0.15) is 23.7 Å². The Morgan fingerprint density at radius 3 is 2.76 bits per heavy atom. The number of carboxylic acid groups (broad SMARTS) is 1. The van der Waals surface area contributed by atoms with Crippen LogP contribution in [0.2, 0.25) is 0 Å². The van der Waals surface area contributed by atoms with Crippen LogP contribution in [0, 0.1) is 0 Å². The largest absolute Gasteiger partial charge is 0.491 e. The third-order valence-corrected chi connectivity index (χ3v) is 3.74. The van der Waals surface area contributed by atoms with Gasteiger partial charge in [0.2, 0.25) is 0 Å². The van der Waals surface area contributed by atoms with Crippen LogP contribution in [0.5, 0.6) is 5.75 Å². The summed E-state index contributed by atoms with van der Waals surface area (Å²) in [6, 6.07) is 7.08. The highest BCUT2D eigenvalue weighted by atomic mass is 16.5. The average Bonchev–Trinajstić information content (AvgIpc) is 2.82. The van der Waals surface area contributed by atoms with Gasteiger partial charge in [0.05, 0.1) is 5.56 Å². The summed E-state index contributed by atoms with van der Waals surface area (Å²) in [5.74, 6) is -0.451. The number of carboxylic acids is 1. The van der Waals surface area contributed by atoms with E-state index in [1.165, 1.54) is 6.92 Å². The molecule has 1 atom stereocenters. The Hall–Kier alpha value is -1.92. The predicted octanol–water partition coefficient (Wildman–Crippen LogP) is 0.756. The Morgan fingerprint density at radius 2 is 2.14 bits per heavy atom. The summed E-state index contributed by atoms with van der Waals surface area (Å²) in [4.78, 5) is 24.5. The first kappa shape index (κ1) is 15.5. The molecule has 1 aliphatic heterocycles. The van der Waals surface area contributed by atoms with E-state index in [4.69, 9.17) is 15.6 Å². The average molecular weight is 292 g/mol. The summed E-state index contributed by atoms with van der Waals surface area (Å²) >= 11 is 0. The monoisotopic (exact) mass is 292 g/mol. The van der Waals surface area contributed by atoms with Crippen molar-refractivity contribution in [1.29, 1.82) is 0 Å². The zero-order chi connectivity index (χ0) is 15.5. The Morgan fingerprint density at radius 1 is 1.43 bits per heavy atom. The number of carbonyl (C=O) groups is 2. The number of hydrogen-bond donors (Lipinski definition) is 2. The lowest BCUT2D eigenvalue weighted by Crippen LogP contribution is -2.50. The molecule has 0 amide bonds. The van der Waals surface area contributed by atoms with Crippen molar-refractivity contribution in [3.8, 4) is 5.75 Å². The van der Waals surface area contributed by atoms with Gasteiger partial charge in [-0.05, 0) is 25.5 Å². The van der Waals surface area contributed by atoms with E-state index >= 15 is 0 Å². The second-order valence-corrected chi connectivity index (χ2v) is 5.39. The number of ether oxygens (including phenoxy) is 1. The molecule has 2 rings (SSSR count). The van der Waals surface area contributed by atoms with Crippen LogP contribution in [0.25, 0.3) is 0 Å². The van der Waals surface area contributed by atoms with E-state index in [9.17, 15) is 9.59 Å². The van der Waals surface area contributed by atoms with Crippen molar-refractivity contribution in [2.75, 3.05) is 26.2 Å². The lowest BCUT2D eigenvalue weighted by molar-refractivity contribution is -0.142. The molecule has 114 valence electrons. The smallest absolute Gasteiger partial charge is 0.325 e. The van der Waals surface area contributed by atoms with Crippen LogP contribution < -0.4 is 10.5 Å². The minimum atomic E-state index is -1.16. The molecule has 1 aromatic carbocycles. The van der Waals surface area contributed by atoms with E-state index in [0.29, 0.717) is 44.0 Å². The van der Waals surface area contributed by atoms with Crippen molar-refractivity contribution in [3.05, 3.63) is 29.8 Å². The number of para-hydroxylation sites is 1. The van der Waals surface area contributed by atoms with Gasteiger partial charge in [0.15, 0.2) is 5.78 Å². The van der Waals surface area contributed by atoms with E-state index in [0.717, 1.165) is 0 Å². The molecule has 0 bridgehead atoms. The molecule has 1 fully saturated rings. The van der Waals surface area contributed by atoms with Crippen LogP contribution in [-0.2, 0) is 4.79 Å². The highest BCUT2D eigenvalue weighted by Gasteiger charge is 2.40. The van der Waals surface area contributed by atoms with Crippen LogP contribution in [-0.4, -0.2) is 53.5 Å². The fourth-order valence-corrected chi connectivity index (χ4v) is 2.45. The lowest BCUT2D eigenvalue weighted by Gasteiger charge is -2.20. The molecule has 0 radical (unpaired) electrons. The van der Waals surface area contributed by atoms with Crippen LogP contribution in [0.15, 0.2) is 24.3 Å². The number of nitrogens with two attached hydrogens (primary N) is 1. The van der Waals surface area contributed by atoms with Gasteiger partial charge in [-0.25, -0.2) is 0 Å². The molecule has 1 aliphatic rings. The van der Waals surface area contributed by atoms with E-state index < -0.39 is 11.5 Å². The molecular weight excluding hydrogens is 272 g/mol. The highest BCUT2D eigenvalue weighted by Crippen LogP contribution is 2.20. The molecule has 1 unspecified atom stereocenters. The number of aliphatic carboxylic acids is 1. The van der Waals surface area contributed by atoms with Gasteiger partial charge in [-0.1, -0.05) is 12.1 Å². The molecule has 6 heteroatoms. The number of nitrogens with zero attached hydrogens (tertiary/aromatic N) is 1. The summed E-state index contributed by atoms with van der Waals surface area (Å²) in [6.45, 7) is 3.43. The van der Waals surface area contributed by atoms with Crippen molar-refractivity contribution >= 4 is 11.8 Å². The van der Waals surface area contributed by atoms with Crippen molar-refractivity contribution in [2.24, 2.45) is 5.73 Å². The Labute approximate surface area is 123 Å². The van der Waals surface area contributed by atoms with Gasteiger partial charge in [0.1, 0.15) is 17.9 Å². The normalized spacial score (nSPS) is 22.2. The van der Waals surface area contributed by atoms with Crippen molar-refractivity contribution in [2.45, 2.75) is 18.9 Å². The fraction of sp³-hybridized carbons (Fsp3) is 0.467. The van der Waals surface area contributed by atoms with Gasteiger partial charge in [-0.2, -0.15) is 0 Å². The first-order valence-electron chi connectivity index (χ1n) is 6.90. The molecular formula is C15H20N2O4. The molecule has 1 heterocycles. The molecule has 1 aromatic rings. The molecule has 1 saturated heterocycles. The van der Waals surface area contributed by atoms with Crippen LogP contribution in [0.4, 0.5) is 0 Å². The third-order valence-electron chi connectivity index (χ3n) is 3.74. The van der Waals surface area contributed by atoms with Gasteiger partial charge in [-0.3, -0.25) is 14.5 Å². The van der Waals surface area contributed by atoms with E-state index in [2.05, 4.69) is 0 Å². The Balaban J connectivity index is 1.86. The number of hydrogen-bond acceptors (Lipinski definition) is 5. The SMILES string of the molecule is CC(=O)c1ccccc1OCCN1CCC(N)(C(=O)O)C1. The summed E-state index contributed by atoms with van der Waals surface area (Å²) in [5.41, 5.74) is 5.21. The number of Topliss-reactive ketones (excluding diaryl/α,β-unsaturated/α-hetero) is 1. The topological polar surface area (TPSA) is 92.9 Å². The standard InChI is InChI=1S/C15H20N2O4/c1-11(18)12-4-2-3-5-13(12)21-9-8-17-7-6-15(16,10-17)14(19)20/h2-5H,6-10,16H2,1H3,(H,19,20). The minimum absolute atomic E-state index is 0.0429. The zero-order valence-corrected chi connectivity index (χ0v) is 12.0. The molecule has 3 N–H and O–H groups in total. The molecule has 0 aliphatic carbocycles. The lowest BCUT2D eigenvalue weighted by atomic mass is 10.0. The van der Waals surface area contributed by atoms with Gasteiger partial charge in [0.25, 0.3) is 0 Å². The van der Waals surface area contributed by atoms with Crippen LogP contribution >= 0.6 is 0 Å². The number of ketones is 1. The minimum Gasteiger partial charge on any atom is -0.491 e. The second kappa shape index (κ2) is 6.24. The quantitative estimate of drug-likeness (QED) is 0.752. The Kier molecular flexibility index (Phi) is 4.59. The maximum Gasteiger partial charge on any atom is 0.325 e. The van der Waals surface area contributed by atoms with Crippen molar-refractivity contribution < 1.29 is 19.4 Å². The number of benzene rings is 1. The van der Waals surface area contributed by atoms with Gasteiger partial charge in [-0.15, -0.1) is 0 Å². The molecule has 0 spiro atoms. The van der Waals surface area contributed by atoms with Gasteiger partial charge >= 0.3 is 5.97 Å². The summed E-state index contributed by atoms with van der Waals surface area (Å²) < 4.78 is 5.64. The number of rotatable bonds is 6. The predicted molar refractivity (Wildman–Crippen MR) is 77.6 cm³/mol. The number of carbonyl (C=O) groups excluding carboxylic acids is 1. The van der Waals surface area contributed by atoms with Crippen LogP contribution in [0.3, 0.4) is 0 Å². The third kappa shape index (κ3) is 3.59. The highest BCUT2D eigenvalue weighted by molar-refractivity contribution is 5.96. The van der Waals surface area contributed by atoms with Gasteiger partial charge < -0.3 is 15.6 Å². The molecule has 6 nitrogen and oxygen atoms in total. The first-order chi connectivity index (χ1) is 9.92. The zero-order valence-electron chi connectivity index (χ0n) is 12.0. The number of likely N-dealkylation sites (tertiary alicyclic amines) is 1. The van der Waals surface area contributed by atoms with Gasteiger partial charge in [0, 0.05) is 19.6 Å². The summed E-state index contributed by atoms with van der Waals surface area (Å²) in [7, 11) is 0. The van der Waals surface area contributed by atoms with E-state index in [1.807, 2.05) is 11.0 Å². The van der Waals surface area contributed by atoms with E-state index in [1.54, 1.807) is 18.2 Å². The summed E-state index contributed by atoms with van der Waals surface area (Å²) in [5, 5.41) is 9.07. The molecule has 21 heavy (non-hydrogen) atoms. The molecule has 0 saturated carbocycles. The maximum absolute atomic E-state index is 11.5. The first-order valence-corrected chi connectivity index (χ1v) is 6.90. The Bertz CT molecular complexity index is 546.